The molecule has 0 bridgehead atoms. The Hall–Kier alpha value is -1.06. The summed E-state index contributed by atoms with van der Waals surface area (Å²) in [4.78, 5) is 0. The van der Waals surface area contributed by atoms with E-state index in [-0.39, 0.29) is 6.04 Å². The Morgan fingerprint density at radius 1 is 1.44 bits per heavy atom. The van der Waals surface area contributed by atoms with E-state index in [1.165, 1.54) is 24.8 Å². The molecule has 1 aromatic carbocycles. The highest BCUT2D eigenvalue weighted by Crippen LogP contribution is 2.39. The number of hydrazine groups is 1. The molecule has 2 rings (SSSR count). The van der Waals surface area contributed by atoms with Gasteiger partial charge in [-0.1, -0.05) is 25.5 Å². The second kappa shape index (κ2) is 6.21. The number of hydrogen-bond donors (Lipinski definition) is 2. The fraction of sp³-hybridized carbons (Fsp3) is 0.600. The molecule has 0 aliphatic heterocycles. The van der Waals surface area contributed by atoms with Crippen LogP contribution in [0.4, 0.5) is 0 Å². The largest absolute Gasteiger partial charge is 0.494 e. The lowest BCUT2D eigenvalue weighted by molar-refractivity contribution is 0.335. The molecule has 0 saturated heterocycles. The van der Waals surface area contributed by atoms with E-state index in [0.29, 0.717) is 12.5 Å². The SMILES string of the molecule is CCOc1cccc(C(NN)C2CCC(C)C2)c1. The molecule has 100 valence electrons. The monoisotopic (exact) mass is 248 g/mol. The third-order valence-corrected chi connectivity index (χ3v) is 3.91. The van der Waals surface area contributed by atoms with Crippen LogP contribution in [0.1, 0.15) is 44.7 Å². The Morgan fingerprint density at radius 2 is 2.28 bits per heavy atom. The van der Waals surface area contributed by atoms with Gasteiger partial charge in [0.1, 0.15) is 5.75 Å². The van der Waals surface area contributed by atoms with Crippen LogP contribution in [0.5, 0.6) is 5.75 Å². The van der Waals surface area contributed by atoms with Crippen molar-refractivity contribution >= 4 is 0 Å². The van der Waals surface area contributed by atoms with Crippen molar-refractivity contribution in [3.05, 3.63) is 29.8 Å². The van der Waals surface area contributed by atoms with Crippen LogP contribution in [0.15, 0.2) is 24.3 Å². The standard InChI is InChI=1S/C15H24N2O/c1-3-18-14-6-4-5-12(10-14)15(17-16)13-8-7-11(2)9-13/h4-6,10-11,13,15,17H,3,7-9,16H2,1-2H3. The lowest BCUT2D eigenvalue weighted by Crippen LogP contribution is -2.32. The first-order chi connectivity index (χ1) is 8.74. The van der Waals surface area contributed by atoms with Crippen molar-refractivity contribution in [3.63, 3.8) is 0 Å². The topological polar surface area (TPSA) is 47.3 Å². The van der Waals surface area contributed by atoms with E-state index >= 15 is 0 Å². The van der Waals surface area contributed by atoms with Gasteiger partial charge in [0.25, 0.3) is 0 Å². The molecule has 3 unspecified atom stereocenters. The Labute approximate surface area is 110 Å². The Bertz CT molecular complexity index is 381. The van der Waals surface area contributed by atoms with Gasteiger partial charge in [0.15, 0.2) is 0 Å². The summed E-state index contributed by atoms with van der Waals surface area (Å²) in [5, 5.41) is 0. The van der Waals surface area contributed by atoms with E-state index in [9.17, 15) is 0 Å². The molecule has 1 saturated carbocycles. The number of nitrogens with one attached hydrogen (secondary N) is 1. The van der Waals surface area contributed by atoms with E-state index in [1.807, 2.05) is 19.1 Å². The number of benzene rings is 1. The summed E-state index contributed by atoms with van der Waals surface area (Å²) in [6.07, 6.45) is 3.83. The van der Waals surface area contributed by atoms with Crippen molar-refractivity contribution in [2.45, 2.75) is 39.2 Å². The molecule has 1 aliphatic carbocycles. The quantitative estimate of drug-likeness (QED) is 0.622. The maximum Gasteiger partial charge on any atom is 0.119 e. The summed E-state index contributed by atoms with van der Waals surface area (Å²) in [5.41, 5.74) is 4.23. The van der Waals surface area contributed by atoms with E-state index in [0.717, 1.165) is 11.7 Å². The van der Waals surface area contributed by atoms with Gasteiger partial charge in [0.2, 0.25) is 0 Å². The van der Waals surface area contributed by atoms with Crippen molar-refractivity contribution in [3.8, 4) is 5.75 Å². The van der Waals surface area contributed by atoms with Gasteiger partial charge in [0.05, 0.1) is 6.61 Å². The maximum absolute atomic E-state index is 5.76. The van der Waals surface area contributed by atoms with Gasteiger partial charge >= 0.3 is 0 Å². The molecular formula is C15H24N2O. The second-order valence-electron chi connectivity index (χ2n) is 5.33. The molecule has 3 heteroatoms. The van der Waals surface area contributed by atoms with E-state index < -0.39 is 0 Å². The predicted octanol–water partition coefficient (Wildman–Crippen LogP) is 3.03. The van der Waals surface area contributed by atoms with Crippen LogP contribution in [-0.2, 0) is 0 Å². The smallest absolute Gasteiger partial charge is 0.119 e. The molecule has 18 heavy (non-hydrogen) atoms. The molecule has 3 atom stereocenters. The molecule has 0 radical (unpaired) electrons. The van der Waals surface area contributed by atoms with Gasteiger partial charge in [-0.25, -0.2) is 0 Å². The summed E-state index contributed by atoms with van der Waals surface area (Å²) in [7, 11) is 0. The summed E-state index contributed by atoms with van der Waals surface area (Å²) < 4.78 is 5.56. The average Bonchev–Trinajstić information content (AvgIpc) is 2.78. The molecule has 0 heterocycles. The lowest BCUT2D eigenvalue weighted by Gasteiger charge is -2.23. The van der Waals surface area contributed by atoms with Crippen LogP contribution in [0, 0.1) is 11.8 Å². The van der Waals surface area contributed by atoms with E-state index in [2.05, 4.69) is 24.5 Å². The van der Waals surface area contributed by atoms with Crippen molar-refractivity contribution in [1.29, 1.82) is 0 Å². The summed E-state index contributed by atoms with van der Waals surface area (Å²) in [6, 6.07) is 8.53. The Morgan fingerprint density at radius 3 is 2.89 bits per heavy atom. The predicted molar refractivity (Wildman–Crippen MR) is 74.2 cm³/mol. The molecule has 3 nitrogen and oxygen atoms in total. The van der Waals surface area contributed by atoms with Crippen LogP contribution in [0.25, 0.3) is 0 Å². The first kappa shape index (κ1) is 13.4. The maximum atomic E-state index is 5.76. The van der Waals surface area contributed by atoms with Gasteiger partial charge in [-0.2, -0.15) is 0 Å². The van der Waals surface area contributed by atoms with Gasteiger partial charge in [0, 0.05) is 6.04 Å². The molecule has 0 aromatic heterocycles. The zero-order chi connectivity index (χ0) is 13.0. The van der Waals surface area contributed by atoms with Gasteiger partial charge < -0.3 is 4.74 Å². The van der Waals surface area contributed by atoms with Gasteiger partial charge in [-0.05, 0) is 49.3 Å². The minimum Gasteiger partial charge on any atom is -0.494 e. The highest BCUT2D eigenvalue weighted by atomic mass is 16.5. The number of hydrogen-bond acceptors (Lipinski definition) is 3. The van der Waals surface area contributed by atoms with Crippen molar-refractivity contribution in [2.24, 2.45) is 17.7 Å². The lowest BCUT2D eigenvalue weighted by atomic mass is 9.91. The van der Waals surface area contributed by atoms with Crippen LogP contribution < -0.4 is 16.0 Å². The summed E-state index contributed by atoms with van der Waals surface area (Å²) >= 11 is 0. The highest BCUT2D eigenvalue weighted by Gasteiger charge is 2.29. The first-order valence-electron chi connectivity index (χ1n) is 6.93. The zero-order valence-electron chi connectivity index (χ0n) is 11.4. The fourth-order valence-electron chi connectivity index (χ4n) is 3.02. The Balaban J connectivity index is 2.13. The van der Waals surface area contributed by atoms with E-state index in [4.69, 9.17) is 10.6 Å². The molecule has 1 aromatic rings. The third kappa shape index (κ3) is 3.03. The van der Waals surface area contributed by atoms with Crippen LogP contribution in [-0.4, -0.2) is 6.61 Å². The Kier molecular flexibility index (Phi) is 4.61. The highest BCUT2D eigenvalue weighted by molar-refractivity contribution is 5.31. The van der Waals surface area contributed by atoms with Gasteiger partial charge in [-0.3, -0.25) is 11.3 Å². The molecule has 3 N–H and O–H groups in total. The average molecular weight is 248 g/mol. The third-order valence-electron chi connectivity index (χ3n) is 3.91. The van der Waals surface area contributed by atoms with Crippen molar-refractivity contribution in [2.75, 3.05) is 6.61 Å². The molecule has 1 fully saturated rings. The first-order valence-corrected chi connectivity index (χ1v) is 6.93. The van der Waals surface area contributed by atoms with Crippen molar-refractivity contribution < 1.29 is 4.74 Å². The van der Waals surface area contributed by atoms with Crippen LogP contribution in [0.2, 0.25) is 0 Å². The summed E-state index contributed by atoms with van der Waals surface area (Å²) in [5.74, 6) is 8.16. The minimum atomic E-state index is 0.246. The molecule has 1 aliphatic rings. The zero-order valence-corrected chi connectivity index (χ0v) is 11.4. The number of ether oxygens (including phenoxy) is 1. The molecule has 0 amide bonds. The number of rotatable bonds is 5. The van der Waals surface area contributed by atoms with Crippen molar-refractivity contribution in [1.82, 2.24) is 5.43 Å². The van der Waals surface area contributed by atoms with Crippen LogP contribution >= 0.6 is 0 Å². The molecule has 0 spiro atoms. The fourth-order valence-corrected chi connectivity index (χ4v) is 3.02. The van der Waals surface area contributed by atoms with Crippen LogP contribution in [0.3, 0.4) is 0 Å². The second-order valence-corrected chi connectivity index (χ2v) is 5.33. The van der Waals surface area contributed by atoms with Gasteiger partial charge in [-0.15, -0.1) is 0 Å². The molecular weight excluding hydrogens is 224 g/mol. The number of nitrogens with two attached hydrogens (primary N) is 1. The van der Waals surface area contributed by atoms with E-state index in [1.54, 1.807) is 0 Å². The minimum absolute atomic E-state index is 0.246. The normalized spacial score (nSPS) is 25.1. The summed E-state index contributed by atoms with van der Waals surface area (Å²) in [6.45, 7) is 5.03.